The van der Waals surface area contributed by atoms with E-state index in [4.69, 9.17) is 16.5 Å². The second kappa shape index (κ2) is 5.60. The number of nitrogen functional groups attached to an aromatic ring is 2. The number of nitrogens with zero attached hydrogens (tertiary/aromatic N) is 3. The molecule has 134 valence electrons. The minimum absolute atomic E-state index is 0.496. The number of aromatic nitrogens is 6. The SMILES string of the molecule is CCc1nc(-c2ccc3c(N)n[nH]c3c2)c(-c2ccc3c(N)n[nH]c3c2)[nH]1. The lowest BCUT2D eigenvalue weighted by Crippen LogP contribution is -1.86. The zero-order valence-electron chi connectivity index (χ0n) is 14.7. The zero-order chi connectivity index (χ0) is 18.5. The lowest BCUT2D eigenvalue weighted by molar-refractivity contribution is 0.992. The molecule has 0 spiro atoms. The fourth-order valence-electron chi connectivity index (χ4n) is 3.39. The summed E-state index contributed by atoms with van der Waals surface area (Å²) in [7, 11) is 0. The Morgan fingerprint density at radius 2 is 1.44 bits per heavy atom. The van der Waals surface area contributed by atoms with Crippen LogP contribution in [0.2, 0.25) is 0 Å². The summed E-state index contributed by atoms with van der Waals surface area (Å²) in [6.45, 7) is 2.07. The van der Waals surface area contributed by atoms with E-state index in [1.54, 1.807) is 0 Å². The molecule has 0 bridgehead atoms. The Kier molecular flexibility index (Phi) is 3.20. The van der Waals surface area contributed by atoms with Crippen LogP contribution in [0.15, 0.2) is 36.4 Å². The summed E-state index contributed by atoms with van der Waals surface area (Å²) in [6.07, 6.45) is 0.811. The van der Waals surface area contributed by atoms with Crippen LogP contribution in [0.4, 0.5) is 11.6 Å². The standard InChI is InChI=1S/C19H18N8/c1-2-15-22-16(9-3-5-11-13(7-9)24-26-18(11)20)17(23-15)10-4-6-12-14(8-10)25-27-19(12)21/h3-8H,2H2,1H3,(H,22,23)(H3,20,24,26)(H3,21,25,27). The fraction of sp³-hybridized carbons (Fsp3) is 0.105. The van der Waals surface area contributed by atoms with Crippen LogP contribution in [0.1, 0.15) is 12.7 Å². The summed E-state index contributed by atoms with van der Waals surface area (Å²) in [4.78, 5) is 8.25. The summed E-state index contributed by atoms with van der Waals surface area (Å²) >= 11 is 0. The third kappa shape index (κ3) is 2.34. The highest BCUT2D eigenvalue weighted by molar-refractivity contribution is 5.95. The topological polar surface area (TPSA) is 138 Å². The maximum absolute atomic E-state index is 5.88. The molecular formula is C19H18N8. The zero-order valence-corrected chi connectivity index (χ0v) is 14.7. The van der Waals surface area contributed by atoms with Crippen LogP contribution < -0.4 is 11.5 Å². The Morgan fingerprint density at radius 3 is 2.07 bits per heavy atom. The van der Waals surface area contributed by atoms with Crippen LogP contribution in [-0.2, 0) is 6.42 Å². The molecule has 0 saturated carbocycles. The van der Waals surface area contributed by atoms with Gasteiger partial charge in [0.15, 0.2) is 11.6 Å². The number of imidazole rings is 1. The number of fused-ring (bicyclic) bond motifs is 2. The van der Waals surface area contributed by atoms with Gasteiger partial charge in [0.2, 0.25) is 0 Å². The van der Waals surface area contributed by atoms with Gasteiger partial charge in [0.1, 0.15) is 5.82 Å². The minimum atomic E-state index is 0.496. The third-order valence-corrected chi connectivity index (χ3v) is 4.83. The average Bonchev–Trinajstić information content (AvgIpc) is 3.39. The Labute approximate surface area is 154 Å². The fourth-order valence-corrected chi connectivity index (χ4v) is 3.39. The highest BCUT2D eigenvalue weighted by atomic mass is 15.2. The van der Waals surface area contributed by atoms with E-state index in [0.29, 0.717) is 11.6 Å². The molecule has 27 heavy (non-hydrogen) atoms. The first-order chi connectivity index (χ1) is 13.1. The molecule has 5 aromatic rings. The summed E-state index contributed by atoms with van der Waals surface area (Å²) in [6, 6.07) is 12.0. The first kappa shape index (κ1) is 15.4. The highest BCUT2D eigenvalue weighted by Crippen LogP contribution is 2.34. The van der Waals surface area contributed by atoms with Gasteiger partial charge in [-0.05, 0) is 24.3 Å². The van der Waals surface area contributed by atoms with Gasteiger partial charge in [0.05, 0.1) is 22.4 Å². The number of H-pyrrole nitrogens is 3. The monoisotopic (exact) mass is 358 g/mol. The van der Waals surface area contributed by atoms with E-state index < -0.39 is 0 Å². The lowest BCUT2D eigenvalue weighted by Gasteiger charge is -2.04. The molecule has 0 atom stereocenters. The number of hydrogen-bond donors (Lipinski definition) is 5. The van der Waals surface area contributed by atoms with Crippen molar-refractivity contribution in [2.24, 2.45) is 0 Å². The van der Waals surface area contributed by atoms with Crippen LogP contribution >= 0.6 is 0 Å². The second-order valence-corrected chi connectivity index (χ2v) is 6.50. The van der Waals surface area contributed by atoms with E-state index in [-0.39, 0.29) is 0 Å². The molecule has 0 saturated heterocycles. The van der Waals surface area contributed by atoms with E-state index >= 15 is 0 Å². The van der Waals surface area contributed by atoms with Crippen LogP contribution in [0, 0.1) is 0 Å². The van der Waals surface area contributed by atoms with Crippen LogP contribution in [-0.4, -0.2) is 30.4 Å². The van der Waals surface area contributed by atoms with Gasteiger partial charge in [0, 0.05) is 28.3 Å². The molecule has 0 amide bonds. The van der Waals surface area contributed by atoms with E-state index in [0.717, 1.165) is 56.6 Å². The molecule has 2 aromatic carbocycles. The van der Waals surface area contributed by atoms with E-state index in [9.17, 15) is 0 Å². The number of rotatable bonds is 3. The van der Waals surface area contributed by atoms with E-state index in [2.05, 4.69) is 32.3 Å². The average molecular weight is 358 g/mol. The number of nitrogens with two attached hydrogens (primary N) is 2. The highest BCUT2D eigenvalue weighted by Gasteiger charge is 2.16. The maximum Gasteiger partial charge on any atom is 0.153 e. The first-order valence-corrected chi connectivity index (χ1v) is 8.71. The summed E-state index contributed by atoms with van der Waals surface area (Å²) < 4.78 is 0. The summed E-state index contributed by atoms with van der Waals surface area (Å²) in [5, 5.41) is 15.9. The molecule has 5 rings (SSSR count). The van der Waals surface area contributed by atoms with Crippen molar-refractivity contribution in [2.75, 3.05) is 11.5 Å². The first-order valence-electron chi connectivity index (χ1n) is 8.71. The predicted octanol–water partition coefficient (Wildman–Crippen LogP) is 3.22. The van der Waals surface area contributed by atoms with Crippen molar-refractivity contribution >= 4 is 33.4 Å². The normalized spacial score (nSPS) is 11.6. The smallest absolute Gasteiger partial charge is 0.153 e. The summed E-state index contributed by atoms with van der Waals surface area (Å²) in [5.41, 5.74) is 17.4. The third-order valence-electron chi connectivity index (χ3n) is 4.83. The van der Waals surface area contributed by atoms with Gasteiger partial charge in [-0.25, -0.2) is 4.98 Å². The van der Waals surface area contributed by atoms with Crippen molar-refractivity contribution in [3.63, 3.8) is 0 Å². The Bertz CT molecular complexity index is 1190. The maximum atomic E-state index is 5.88. The molecule has 7 N–H and O–H groups in total. The molecule has 0 fully saturated rings. The van der Waals surface area contributed by atoms with Crippen LogP contribution in [0.5, 0.6) is 0 Å². The number of nitrogens with one attached hydrogen (secondary N) is 3. The molecule has 3 aromatic heterocycles. The number of benzene rings is 2. The molecule has 3 heterocycles. The number of hydrogen-bond acceptors (Lipinski definition) is 5. The van der Waals surface area contributed by atoms with Gasteiger partial charge in [-0.3, -0.25) is 10.2 Å². The minimum Gasteiger partial charge on any atom is -0.382 e. The van der Waals surface area contributed by atoms with Crippen molar-refractivity contribution in [3.05, 3.63) is 42.2 Å². The molecule has 0 radical (unpaired) electrons. The van der Waals surface area contributed by atoms with Crippen molar-refractivity contribution in [2.45, 2.75) is 13.3 Å². The second-order valence-electron chi connectivity index (χ2n) is 6.50. The van der Waals surface area contributed by atoms with Gasteiger partial charge in [-0.1, -0.05) is 19.1 Å². The molecule has 0 aliphatic heterocycles. The molecule has 0 aliphatic carbocycles. The van der Waals surface area contributed by atoms with Crippen LogP contribution in [0.3, 0.4) is 0 Å². The predicted molar refractivity (Wildman–Crippen MR) is 107 cm³/mol. The van der Waals surface area contributed by atoms with Crippen molar-refractivity contribution < 1.29 is 0 Å². The van der Waals surface area contributed by atoms with Crippen molar-refractivity contribution in [1.29, 1.82) is 0 Å². The summed E-state index contributed by atoms with van der Waals surface area (Å²) in [5.74, 6) is 1.92. The lowest BCUT2D eigenvalue weighted by atomic mass is 10.0. The number of aryl methyl sites for hydroxylation is 1. The van der Waals surface area contributed by atoms with Crippen molar-refractivity contribution in [1.82, 2.24) is 30.4 Å². The number of aromatic amines is 3. The van der Waals surface area contributed by atoms with Crippen LogP contribution in [0.25, 0.3) is 44.3 Å². The van der Waals surface area contributed by atoms with E-state index in [1.807, 2.05) is 36.4 Å². The number of anilines is 2. The quantitative estimate of drug-likeness (QED) is 0.337. The molecular weight excluding hydrogens is 340 g/mol. The van der Waals surface area contributed by atoms with Gasteiger partial charge < -0.3 is 16.5 Å². The van der Waals surface area contributed by atoms with Gasteiger partial charge in [-0.2, -0.15) is 10.2 Å². The molecule has 8 heteroatoms. The van der Waals surface area contributed by atoms with E-state index in [1.165, 1.54) is 0 Å². The van der Waals surface area contributed by atoms with Gasteiger partial charge >= 0.3 is 0 Å². The Morgan fingerprint density at radius 1 is 0.852 bits per heavy atom. The molecule has 0 aliphatic rings. The van der Waals surface area contributed by atoms with Gasteiger partial charge in [-0.15, -0.1) is 0 Å². The molecule has 8 nitrogen and oxygen atoms in total. The molecule has 0 unspecified atom stereocenters. The van der Waals surface area contributed by atoms with Crippen molar-refractivity contribution in [3.8, 4) is 22.5 Å². The van der Waals surface area contributed by atoms with Gasteiger partial charge in [0.25, 0.3) is 0 Å². The largest absolute Gasteiger partial charge is 0.382 e. The Hall–Kier alpha value is -3.81. The Balaban J connectivity index is 1.70.